The molecule has 0 saturated heterocycles. The number of aromatic amines is 1. The molecule has 1 aliphatic rings. The molecule has 0 radical (unpaired) electrons. The molecule has 1 aliphatic carbocycles. The van der Waals surface area contributed by atoms with Crippen LogP contribution in [0.4, 0.5) is 19.1 Å². The standard InChI is InChI=1S/C19H20F3N5O2/c1-26(2)18-23-16-14(17(29)24-18)13(9-28)25-27(16)15(10-3-4-10)11-5-7-12(8-6-11)19(20,21)22/h5-8,10,15,28H,3-4,9H2,1-2H3,(H,23,24,29)/t15-/m0/s1. The summed E-state index contributed by atoms with van der Waals surface area (Å²) in [5.74, 6) is 0.500. The van der Waals surface area contributed by atoms with E-state index in [1.54, 1.807) is 23.7 Å². The maximum atomic E-state index is 12.9. The van der Waals surface area contributed by atoms with Gasteiger partial charge in [0.25, 0.3) is 5.56 Å². The van der Waals surface area contributed by atoms with E-state index in [0.717, 1.165) is 25.0 Å². The van der Waals surface area contributed by atoms with Gasteiger partial charge in [-0.15, -0.1) is 0 Å². The molecule has 2 N–H and O–H groups in total. The van der Waals surface area contributed by atoms with Crippen molar-refractivity contribution in [2.45, 2.75) is 31.7 Å². The van der Waals surface area contributed by atoms with Crippen LogP contribution in [0, 0.1) is 5.92 Å². The van der Waals surface area contributed by atoms with E-state index in [9.17, 15) is 23.1 Å². The van der Waals surface area contributed by atoms with Crippen molar-refractivity contribution < 1.29 is 18.3 Å². The van der Waals surface area contributed by atoms with E-state index in [1.807, 2.05) is 0 Å². The molecule has 0 spiro atoms. The van der Waals surface area contributed by atoms with Crippen molar-refractivity contribution in [1.29, 1.82) is 0 Å². The summed E-state index contributed by atoms with van der Waals surface area (Å²) >= 11 is 0. The first kappa shape index (κ1) is 19.4. The van der Waals surface area contributed by atoms with Crippen molar-refractivity contribution in [3.05, 3.63) is 51.4 Å². The smallest absolute Gasteiger partial charge is 0.390 e. The fourth-order valence-electron chi connectivity index (χ4n) is 3.51. The number of aromatic nitrogens is 4. The molecule has 0 unspecified atom stereocenters. The summed E-state index contributed by atoms with van der Waals surface area (Å²) in [4.78, 5) is 21.4. The Morgan fingerprint density at radius 2 is 1.93 bits per heavy atom. The molecule has 1 saturated carbocycles. The van der Waals surface area contributed by atoms with Crippen LogP contribution in [-0.4, -0.2) is 39.0 Å². The van der Waals surface area contributed by atoms with Crippen molar-refractivity contribution in [2.75, 3.05) is 19.0 Å². The van der Waals surface area contributed by atoms with Gasteiger partial charge in [0, 0.05) is 14.1 Å². The molecule has 0 bridgehead atoms. The van der Waals surface area contributed by atoms with Crippen LogP contribution in [0.2, 0.25) is 0 Å². The Bertz CT molecular complexity index is 1100. The van der Waals surface area contributed by atoms with Crippen LogP contribution in [0.5, 0.6) is 0 Å². The first-order chi connectivity index (χ1) is 13.7. The summed E-state index contributed by atoms with van der Waals surface area (Å²) in [5.41, 5.74) is 0.00962. The molecule has 4 rings (SSSR count). The number of H-pyrrole nitrogens is 1. The molecule has 7 nitrogen and oxygen atoms in total. The Morgan fingerprint density at radius 1 is 1.28 bits per heavy atom. The molecule has 10 heteroatoms. The van der Waals surface area contributed by atoms with Crippen molar-refractivity contribution in [1.82, 2.24) is 19.7 Å². The van der Waals surface area contributed by atoms with Gasteiger partial charge < -0.3 is 10.0 Å². The predicted molar refractivity (Wildman–Crippen MR) is 101 cm³/mol. The van der Waals surface area contributed by atoms with Gasteiger partial charge in [0.15, 0.2) is 5.65 Å². The molecule has 2 heterocycles. The second-order valence-corrected chi connectivity index (χ2v) is 7.43. The number of nitrogens with one attached hydrogen (secondary N) is 1. The summed E-state index contributed by atoms with van der Waals surface area (Å²) in [7, 11) is 3.46. The van der Waals surface area contributed by atoms with Gasteiger partial charge in [-0.1, -0.05) is 12.1 Å². The fourth-order valence-corrected chi connectivity index (χ4v) is 3.51. The molecule has 3 aromatic rings. The Kier molecular flexibility index (Phi) is 4.60. The number of benzene rings is 1. The topological polar surface area (TPSA) is 87.0 Å². The molecule has 1 fully saturated rings. The fraction of sp³-hybridized carbons (Fsp3) is 0.421. The lowest BCUT2D eigenvalue weighted by atomic mass is 10.0. The Hall–Kier alpha value is -2.88. The third-order valence-electron chi connectivity index (χ3n) is 5.11. The SMILES string of the molecule is CN(C)c1nc2c(c(CO)nn2[C@H](c2ccc(C(F)(F)F)cc2)C2CC2)c(=O)[nH]1. The lowest BCUT2D eigenvalue weighted by Crippen LogP contribution is -2.21. The van der Waals surface area contributed by atoms with Gasteiger partial charge in [-0.3, -0.25) is 9.78 Å². The van der Waals surface area contributed by atoms with Crippen molar-refractivity contribution in [3.8, 4) is 0 Å². The van der Waals surface area contributed by atoms with E-state index in [0.29, 0.717) is 17.2 Å². The first-order valence-electron chi connectivity index (χ1n) is 9.17. The van der Waals surface area contributed by atoms with Gasteiger partial charge in [-0.2, -0.15) is 23.3 Å². The summed E-state index contributed by atoms with van der Waals surface area (Å²) in [6.45, 7) is -0.444. The Balaban J connectivity index is 1.89. The highest BCUT2D eigenvalue weighted by molar-refractivity contribution is 5.78. The van der Waals surface area contributed by atoms with Crippen LogP contribution < -0.4 is 10.5 Å². The normalized spacial score (nSPS) is 15.7. The number of anilines is 1. The largest absolute Gasteiger partial charge is 0.416 e. The van der Waals surface area contributed by atoms with E-state index >= 15 is 0 Å². The predicted octanol–water partition coefficient (Wildman–Crippen LogP) is 2.70. The zero-order valence-electron chi connectivity index (χ0n) is 15.9. The first-order valence-corrected chi connectivity index (χ1v) is 9.17. The highest BCUT2D eigenvalue weighted by Crippen LogP contribution is 2.44. The van der Waals surface area contributed by atoms with Gasteiger partial charge in [0.1, 0.15) is 11.1 Å². The van der Waals surface area contributed by atoms with Gasteiger partial charge in [-0.25, -0.2) is 4.68 Å². The number of fused-ring (bicyclic) bond motifs is 1. The molecule has 0 aliphatic heterocycles. The number of halogens is 3. The maximum Gasteiger partial charge on any atom is 0.416 e. The summed E-state index contributed by atoms with van der Waals surface area (Å²) < 4.78 is 40.4. The van der Waals surface area contributed by atoms with Crippen LogP contribution in [-0.2, 0) is 12.8 Å². The molecule has 1 aromatic carbocycles. The quantitative estimate of drug-likeness (QED) is 0.679. The highest BCUT2D eigenvalue weighted by Gasteiger charge is 2.37. The summed E-state index contributed by atoms with van der Waals surface area (Å²) in [6, 6.07) is 4.61. The summed E-state index contributed by atoms with van der Waals surface area (Å²) in [6.07, 6.45) is -2.62. The molecule has 1 atom stereocenters. The number of nitrogens with zero attached hydrogens (tertiary/aromatic N) is 4. The average Bonchev–Trinajstić information content (AvgIpc) is 3.42. The number of aliphatic hydroxyl groups excluding tert-OH is 1. The number of hydrogen-bond donors (Lipinski definition) is 2. The minimum atomic E-state index is -4.41. The van der Waals surface area contributed by atoms with E-state index in [2.05, 4.69) is 15.1 Å². The van der Waals surface area contributed by atoms with Crippen LogP contribution in [0.3, 0.4) is 0 Å². The molecule has 2 aromatic heterocycles. The van der Waals surface area contributed by atoms with Crippen LogP contribution in [0.15, 0.2) is 29.1 Å². The molecule has 154 valence electrons. The zero-order valence-corrected chi connectivity index (χ0v) is 15.9. The second-order valence-electron chi connectivity index (χ2n) is 7.43. The number of hydrogen-bond acceptors (Lipinski definition) is 5. The number of aliphatic hydroxyl groups is 1. The lowest BCUT2D eigenvalue weighted by molar-refractivity contribution is -0.137. The Morgan fingerprint density at radius 3 is 2.45 bits per heavy atom. The van der Waals surface area contributed by atoms with Gasteiger partial charge >= 0.3 is 6.18 Å². The van der Waals surface area contributed by atoms with E-state index in [1.165, 1.54) is 12.1 Å². The van der Waals surface area contributed by atoms with Crippen LogP contribution in [0.25, 0.3) is 11.0 Å². The molecule has 0 amide bonds. The third-order valence-corrected chi connectivity index (χ3v) is 5.11. The van der Waals surface area contributed by atoms with Crippen molar-refractivity contribution in [2.24, 2.45) is 5.92 Å². The van der Waals surface area contributed by atoms with Crippen molar-refractivity contribution >= 4 is 17.0 Å². The minimum Gasteiger partial charge on any atom is -0.390 e. The van der Waals surface area contributed by atoms with Crippen molar-refractivity contribution in [3.63, 3.8) is 0 Å². The van der Waals surface area contributed by atoms with Crippen LogP contribution in [0.1, 0.15) is 35.7 Å². The highest BCUT2D eigenvalue weighted by atomic mass is 19.4. The second kappa shape index (κ2) is 6.87. The lowest BCUT2D eigenvalue weighted by Gasteiger charge is -2.19. The van der Waals surface area contributed by atoms with Gasteiger partial charge in [0.2, 0.25) is 5.95 Å². The van der Waals surface area contributed by atoms with Crippen LogP contribution >= 0.6 is 0 Å². The molecular formula is C19H20F3N5O2. The van der Waals surface area contributed by atoms with Gasteiger partial charge in [0.05, 0.1) is 18.2 Å². The molecular weight excluding hydrogens is 387 g/mol. The van der Waals surface area contributed by atoms with E-state index in [4.69, 9.17) is 0 Å². The van der Waals surface area contributed by atoms with Gasteiger partial charge in [-0.05, 0) is 36.5 Å². The third kappa shape index (κ3) is 3.48. The average molecular weight is 407 g/mol. The van der Waals surface area contributed by atoms with E-state index < -0.39 is 23.9 Å². The summed E-state index contributed by atoms with van der Waals surface area (Å²) in [5, 5.41) is 14.3. The maximum absolute atomic E-state index is 12.9. The minimum absolute atomic E-state index is 0.172. The molecule has 29 heavy (non-hydrogen) atoms. The zero-order chi connectivity index (χ0) is 20.9. The monoisotopic (exact) mass is 407 g/mol. The van der Waals surface area contributed by atoms with E-state index in [-0.39, 0.29) is 23.0 Å². The number of rotatable bonds is 5. The number of alkyl halides is 3. The Labute approximate surface area is 163 Å².